The minimum absolute atomic E-state index is 0.284. The summed E-state index contributed by atoms with van der Waals surface area (Å²) in [5.74, 6) is 0.530. The normalized spacial score (nSPS) is 10.2. The molecule has 1 aromatic carbocycles. The third-order valence-corrected chi connectivity index (χ3v) is 3.03. The summed E-state index contributed by atoms with van der Waals surface area (Å²) in [5, 5.41) is 3.58. The molecule has 0 unspecified atom stereocenters. The van der Waals surface area contributed by atoms with Crippen LogP contribution in [0.2, 0.25) is 10.0 Å². The Kier molecular flexibility index (Phi) is 4.47. The van der Waals surface area contributed by atoms with Gasteiger partial charge in [-0.1, -0.05) is 23.2 Å². The number of anilines is 2. The first-order chi connectivity index (χ1) is 9.45. The van der Waals surface area contributed by atoms with Gasteiger partial charge < -0.3 is 10.2 Å². The molecule has 1 N–H and O–H groups in total. The van der Waals surface area contributed by atoms with E-state index in [2.05, 4.69) is 10.3 Å². The van der Waals surface area contributed by atoms with Gasteiger partial charge in [-0.2, -0.15) is 0 Å². The van der Waals surface area contributed by atoms with Crippen LogP contribution in [0.4, 0.5) is 11.5 Å². The quantitative estimate of drug-likeness (QED) is 0.940. The fourth-order valence-electron chi connectivity index (χ4n) is 1.61. The third-order valence-electron chi connectivity index (χ3n) is 2.59. The zero-order valence-electron chi connectivity index (χ0n) is 11.0. The SMILES string of the molecule is CN(C)c1ccc(NC(=O)c2cc(Cl)cc(Cl)c2)cn1. The lowest BCUT2D eigenvalue weighted by Crippen LogP contribution is -2.13. The van der Waals surface area contributed by atoms with Gasteiger partial charge in [0.25, 0.3) is 5.91 Å². The van der Waals surface area contributed by atoms with E-state index in [0.29, 0.717) is 21.3 Å². The molecule has 1 amide bonds. The van der Waals surface area contributed by atoms with Crippen LogP contribution >= 0.6 is 23.2 Å². The summed E-state index contributed by atoms with van der Waals surface area (Å²) < 4.78 is 0. The van der Waals surface area contributed by atoms with Crippen LogP contribution in [0.1, 0.15) is 10.4 Å². The van der Waals surface area contributed by atoms with Crippen LogP contribution < -0.4 is 10.2 Å². The molecule has 0 aliphatic heterocycles. The van der Waals surface area contributed by atoms with Crippen LogP contribution in [0, 0.1) is 0 Å². The van der Waals surface area contributed by atoms with Crippen LogP contribution in [0.3, 0.4) is 0 Å². The Morgan fingerprint density at radius 3 is 2.30 bits per heavy atom. The molecule has 4 nitrogen and oxygen atoms in total. The summed E-state index contributed by atoms with van der Waals surface area (Å²) in [4.78, 5) is 18.2. The van der Waals surface area contributed by atoms with Crippen LogP contribution in [-0.4, -0.2) is 25.0 Å². The number of hydrogen-bond acceptors (Lipinski definition) is 3. The van der Waals surface area contributed by atoms with Crippen molar-refractivity contribution >= 4 is 40.6 Å². The van der Waals surface area contributed by atoms with Crippen LogP contribution in [0.25, 0.3) is 0 Å². The molecule has 0 saturated carbocycles. The van der Waals surface area contributed by atoms with Gasteiger partial charge in [0.1, 0.15) is 5.82 Å². The summed E-state index contributed by atoms with van der Waals surface area (Å²) in [6.07, 6.45) is 1.60. The Balaban J connectivity index is 2.14. The number of benzene rings is 1. The Morgan fingerprint density at radius 1 is 1.15 bits per heavy atom. The summed E-state index contributed by atoms with van der Waals surface area (Å²) in [6, 6.07) is 8.30. The van der Waals surface area contributed by atoms with Crippen molar-refractivity contribution in [2.45, 2.75) is 0 Å². The molecule has 0 atom stereocenters. The standard InChI is InChI=1S/C14H13Cl2N3O/c1-19(2)13-4-3-12(8-17-13)18-14(20)9-5-10(15)7-11(16)6-9/h3-8H,1-2H3,(H,18,20). The molecule has 0 saturated heterocycles. The molecule has 0 fully saturated rings. The molecule has 1 heterocycles. The van der Waals surface area contributed by atoms with Gasteiger partial charge in [-0.3, -0.25) is 4.79 Å². The van der Waals surface area contributed by atoms with Gasteiger partial charge in [-0.05, 0) is 30.3 Å². The number of halogens is 2. The molecule has 0 aliphatic rings. The molecule has 0 spiro atoms. The van der Waals surface area contributed by atoms with Crippen LogP contribution in [-0.2, 0) is 0 Å². The topological polar surface area (TPSA) is 45.2 Å². The van der Waals surface area contributed by atoms with Gasteiger partial charge >= 0.3 is 0 Å². The van der Waals surface area contributed by atoms with E-state index in [1.807, 2.05) is 25.1 Å². The highest BCUT2D eigenvalue weighted by Crippen LogP contribution is 2.20. The summed E-state index contributed by atoms with van der Waals surface area (Å²) in [5.41, 5.74) is 1.01. The van der Waals surface area contributed by atoms with Crippen molar-refractivity contribution in [1.82, 2.24) is 4.98 Å². The molecule has 0 radical (unpaired) electrons. The molecule has 1 aromatic heterocycles. The number of nitrogens with zero attached hydrogens (tertiary/aromatic N) is 2. The number of aromatic nitrogens is 1. The van der Waals surface area contributed by atoms with Gasteiger partial charge in [0.05, 0.1) is 11.9 Å². The maximum atomic E-state index is 12.1. The molecular formula is C14H13Cl2N3O. The van der Waals surface area contributed by atoms with E-state index < -0.39 is 0 Å². The number of rotatable bonds is 3. The Bertz CT molecular complexity index is 607. The van der Waals surface area contributed by atoms with Crippen molar-refractivity contribution in [3.63, 3.8) is 0 Å². The predicted molar refractivity (Wildman–Crippen MR) is 83.0 cm³/mol. The maximum absolute atomic E-state index is 12.1. The molecule has 0 bridgehead atoms. The lowest BCUT2D eigenvalue weighted by atomic mass is 10.2. The second kappa shape index (κ2) is 6.11. The van der Waals surface area contributed by atoms with Gasteiger partial charge in [0, 0.05) is 29.7 Å². The third kappa shape index (κ3) is 3.62. The Hall–Kier alpha value is -1.78. The first-order valence-electron chi connectivity index (χ1n) is 5.86. The van der Waals surface area contributed by atoms with Gasteiger partial charge in [0.15, 0.2) is 0 Å². The zero-order chi connectivity index (χ0) is 14.7. The van der Waals surface area contributed by atoms with Crippen molar-refractivity contribution in [2.24, 2.45) is 0 Å². The van der Waals surface area contributed by atoms with E-state index in [1.54, 1.807) is 30.5 Å². The van der Waals surface area contributed by atoms with E-state index >= 15 is 0 Å². The van der Waals surface area contributed by atoms with E-state index in [0.717, 1.165) is 5.82 Å². The summed E-state index contributed by atoms with van der Waals surface area (Å²) in [7, 11) is 3.79. The van der Waals surface area contributed by atoms with Crippen LogP contribution in [0.5, 0.6) is 0 Å². The average molecular weight is 310 g/mol. The van der Waals surface area contributed by atoms with Crippen LogP contribution in [0.15, 0.2) is 36.5 Å². The minimum atomic E-state index is -0.284. The average Bonchev–Trinajstić information content (AvgIpc) is 2.38. The number of carbonyl (C=O) groups excluding carboxylic acids is 1. The highest BCUT2D eigenvalue weighted by Gasteiger charge is 2.08. The number of nitrogens with one attached hydrogen (secondary N) is 1. The molecule has 20 heavy (non-hydrogen) atoms. The van der Waals surface area contributed by atoms with Gasteiger partial charge in [-0.25, -0.2) is 4.98 Å². The fraction of sp³-hybridized carbons (Fsp3) is 0.143. The predicted octanol–water partition coefficient (Wildman–Crippen LogP) is 3.71. The fourth-order valence-corrected chi connectivity index (χ4v) is 2.14. The van der Waals surface area contributed by atoms with Crippen molar-refractivity contribution in [3.8, 4) is 0 Å². The van der Waals surface area contributed by atoms with Crippen molar-refractivity contribution in [3.05, 3.63) is 52.1 Å². The minimum Gasteiger partial charge on any atom is -0.363 e. The molecule has 2 aromatic rings. The van der Waals surface area contributed by atoms with Crippen molar-refractivity contribution in [2.75, 3.05) is 24.3 Å². The van der Waals surface area contributed by atoms with Gasteiger partial charge in [-0.15, -0.1) is 0 Å². The Morgan fingerprint density at radius 2 is 1.80 bits per heavy atom. The first-order valence-corrected chi connectivity index (χ1v) is 6.62. The monoisotopic (exact) mass is 309 g/mol. The zero-order valence-corrected chi connectivity index (χ0v) is 12.5. The Labute approximate surface area is 127 Å². The smallest absolute Gasteiger partial charge is 0.255 e. The number of hydrogen-bond donors (Lipinski definition) is 1. The highest BCUT2D eigenvalue weighted by atomic mass is 35.5. The lowest BCUT2D eigenvalue weighted by molar-refractivity contribution is 0.102. The molecule has 2 rings (SSSR count). The molecule has 0 aliphatic carbocycles. The molecule has 104 valence electrons. The van der Waals surface area contributed by atoms with Gasteiger partial charge in [0.2, 0.25) is 0 Å². The number of pyridine rings is 1. The highest BCUT2D eigenvalue weighted by molar-refractivity contribution is 6.35. The second-order valence-electron chi connectivity index (χ2n) is 4.41. The van der Waals surface area contributed by atoms with Crippen molar-refractivity contribution < 1.29 is 4.79 Å². The summed E-state index contributed by atoms with van der Waals surface area (Å²) >= 11 is 11.7. The number of amides is 1. The number of carbonyl (C=O) groups is 1. The van der Waals surface area contributed by atoms with Crippen molar-refractivity contribution in [1.29, 1.82) is 0 Å². The van der Waals surface area contributed by atoms with E-state index in [4.69, 9.17) is 23.2 Å². The maximum Gasteiger partial charge on any atom is 0.255 e. The molecular weight excluding hydrogens is 297 g/mol. The molecule has 6 heteroatoms. The summed E-state index contributed by atoms with van der Waals surface area (Å²) in [6.45, 7) is 0. The lowest BCUT2D eigenvalue weighted by Gasteiger charge is -2.11. The largest absolute Gasteiger partial charge is 0.363 e. The second-order valence-corrected chi connectivity index (χ2v) is 5.28. The van der Waals surface area contributed by atoms with E-state index in [9.17, 15) is 4.79 Å². The van der Waals surface area contributed by atoms with E-state index in [-0.39, 0.29) is 5.91 Å². The first kappa shape index (κ1) is 14.6. The van der Waals surface area contributed by atoms with E-state index in [1.165, 1.54) is 0 Å².